The van der Waals surface area contributed by atoms with E-state index in [-0.39, 0.29) is 17.8 Å². The molecule has 0 saturated heterocycles. The molecule has 0 aliphatic rings. The van der Waals surface area contributed by atoms with Gasteiger partial charge in [0.05, 0.1) is 0 Å². The summed E-state index contributed by atoms with van der Waals surface area (Å²) >= 11 is 0. The molecule has 0 bridgehead atoms. The molecule has 0 amide bonds. The van der Waals surface area contributed by atoms with Gasteiger partial charge in [0.1, 0.15) is 0 Å². The Bertz CT molecular complexity index is 1120. The van der Waals surface area contributed by atoms with Gasteiger partial charge in [-0.25, -0.2) is 15.0 Å². The monoisotopic (exact) mass is 432 g/mol. The lowest BCUT2D eigenvalue weighted by Gasteiger charge is -1.99. The first-order chi connectivity index (χ1) is 16.0. The molecule has 4 aromatic rings. The van der Waals surface area contributed by atoms with Crippen LogP contribution in [0.4, 0.5) is 17.8 Å². The van der Waals surface area contributed by atoms with Crippen molar-refractivity contribution in [3.63, 3.8) is 0 Å². The summed E-state index contributed by atoms with van der Waals surface area (Å²) in [6.07, 6.45) is 5.15. The summed E-state index contributed by atoms with van der Waals surface area (Å²) in [6, 6.07) is 24.1. The van der Waals surface area contributed by atoms with Crippen LogP contribution in [0.1, 0.15) is 33.4 Å². The zero-order chi connectivity index (χ0) is 23.0. The van der Waals surface area contributed by atoms with E-state index in [9.17, 15) is 0 Å². The minimum Gasteiger partial charge on any atom is -0.219 e. The van der Waals surface area contributed by atoms with Crippen LogP contribution in [-0.4, -0.2) is 33.6 Å². The van der Waals surface area contributed by atoms with Crippen LogP contribution in [0.25, 0.3) is 0 Å². The number of hydrogen-bond acceptors (Lipinski definition) is 6. The average Bonchev–Trinajstić information content (AvgIpc) is 2.83. The van der Waals surface area contributed by atoms with E-state index in [2.05, 4.69) is 29.9 Å². The van der Waals surface area contributed by atoms with Gasteiger partial charge in [0.15, 0.2) is 0 Å². The Morgan fingerprint density at radius 2 is 0.667 bits per heavy atom. The molecule has 4 rings (SSSR count). The quantitative estimate of drug-likeness (QED) is 0.348. The Labute approximate surface area is 193 Å². The van der Waals surface area contributed by atoms with E-state index >= 15 is 0 Å². The predicted molar refractivity (Wildman–Crippen MR) is 135 cm³/mol. The van der Waals surface area contributed by atoms with Gasteiger partial charge in [-0.05, 0) is 37.5 Å². The van der Waals surface area contributed by atoms with Crippen molar-refractivity contribution in [1.29, 1.82) is 0 Å². The summed E-state index contributed by atoms with van der Waals surface area (Å²) in [6.45, 7) is 6.14. The van der Waals surface area contributed by atoms with Gasteiger partial charge in [-0.2, -0.15) is 15.0 Å². The van der Waals surface area contributed by atoms with Gasteiger partial charge in [-0.1, -0.05) is 89.5 Å². The minimum atomic E-state index is 0.248. The molecular formula is C27H24N6. The van der Waals surface area contributed by atoms with Crippen LogP contribution < -0.4 is 0 Å². The van der Waals surface area contributed by atoms with Crippen molar-refractivity contribution in [3.05, 3.63) is 106 Å². The third-order valence-corrected chi connectivity index (χ3v) is 4.82. The Kier molecular flexibility index (Phi) is 6.85. The van der Waals surface area contributed by atoms with Crippen LogP contribution in [0.3, 0.4) is 0 Å². The van der Waals surface area contributed by atoms with Gasteiger partial charge in [-0.15, -0.1) is 0 Å². The van der Waals surface area contributed by atoms with Crippen molar-refractivity contribution < 1.29 is 0 Å². The van der Waals surface area contributed by atoms with E-state index in [4.69, 9.17) is 0 Å². The lowest BCUT2D eigenvalue weighted by Crippen LogP contribution is -1.91. The topological polar surface area (TPSA) is 75.8 Å². The van der Waals surface area contributed by atoms with E-state index in [0.717, 1.165) is 16.7 Å². The summed E-state index contributed by atoms with van der Waals surface area (Å²) in [4.78, 5) is 26.4. The molecule has 6 nitrogen and oxygen atoms in total. The summed E-state index contributed by atoms with van der Waals surface area (Å²) in [7, 11) is 0. The van der Waals surface area contributed by atoms with Crippen LogP contribution in [-0.2, 0) is 0 Å². The molecule has 6 heteroatoms. The fourth-order valence-corrected chi connectivity index (χ4v) is 2.87. The largest absolute Gasteiger partial charge is 0.256 e. The standard InChI is InChI=1S/C27H24N6/c1-19-4-10-22(11-5-19)16-28-25-31-26(29-17-23-12-6-20(2)7-13-23)33-27(32-25)30-18-24-14-8-21(3)9-15-24/h4-18H,1-3H3/b28-16+,29-17+,30-18+. The first-order valence-corrected chi connectivity index (χ1v) is 10.6. The number of rotatable bonds is 6. The number of nitrogens with zero attached hydrogens (tertiary/aromatic N) is 6. The molecule has 0 radical (unpaired) electrons. The summed E-state index contributed by atoms with van der Waals surface area (Å²) in [5, 5.41) is 0. The van der Waals surface area contributed by atoms with E-state index in [1.54, 1.807) is 18.6 Å². The van der Waals surface area contributed by atoms with Crippen LogP contribution in [0.15, 0.2) is 87.8 Å². The molecule has 0 fully saturated rings. The normalized spacial score (nSPS) is 11.7. The second-order valence-corrected chi connectivity index (χ2v) is 7.74. The van der Waals surface area contributed by atoms with Gasteiger partial charge in [-0.3, -0.25) is 0 Å². The average molecular weight is 433 g/mol. The Morgan fingerprint density at radius 3 is 0.909 bits per heavy atom. The van der Waals surface area contributed by atoms with E-state index in [0.29, 0.717) is 0 Å². The lowest BCUT2D eigenvalue weighted by molar-refractivity contribution is 1.02. The minimum absolute atomic E-state index is 0.248. The first-order valence-electron chi connectivity index (χ1n) is 10.6. The zero-order valence-corrected chi connectivity index (χ0v) is 18.8. The number of aliphatic imine (C=N–C) groups is 3. The maximum absolute atomic E-state index is 4.43. The lowest BCUT2D eigenvalue weighted by atomic mass is 10.2. The van der Waals surface area contributed by atoms with E-state index in [1.807, 2.05) is 93.6 Å². The molecule has 1 heterocycles. The van der Waals surface area contributed by atoms with Crippen LogP contribution in [0, 0.1) is 20.8 Å². The van der Waals surface area contributed by atoms with Crippen LogP contribution >= 0.6 is 0 Å². The summed E-state index contributed by atoms with van der Waals surface area (Å²) < 4.78 is 0. The highest BCUT2D eigenvalue weighted by Crippen LogP contribution is 2.17. The second-order valence-electron chi connectivity index (χ2n) is 7.74. The maximum atomic E-state index is 4.43. The highest BCUT2D eigenvalue weighted by molar-refractivity contribution is 5.83. The van der Waals surface area contributed by atoms with E-state index in [1.165, 1.54) is 16.7 Å². The van der Waals surface area contributed by atoms with Crippen molar-refractivity contribution in [1.82, 2.24) is 15.0 Å². The van der Waals surface area contributed by atoms with Gasteiger partial charge < -0.3 is 0 Å². The van der Waals surface area contributed by atoms with Crippen LogP contribution in [0.2, 0.25) is 0 Å². The Balaban J connectivity index is 1.64. The van der Waals surface area contributed by atoms with Crippen LogP contribution in [0.5, 0.6) is 0 Å². The number of aryl methyl sites for hydroxylation is 3. The molecule has 162 valence electrons. The van der Waals surface area contributed by atoms with Crippen molar-refractivity contribution in [3.8, 4) is 0 Å². The maximum Gasteiger partial charge on any atom is 0.256 e. The highest BCUT2D eigenvalue weighted by Gasteiger charge is 2.04. The molecular weight excluding hydrogens is 408 g/mol. The molecule has 1 aromatic heterocycles. The van der Waals surface area contributed by atoms with Gasteiger partial charge >= 0.3 is 0 Å². The van der Waals surface area contributed by atoms with Gasteiger partial charge in [0.2, 0.25) is 0 Å². The SMILES string of the molecule is Cc1ccc(/C=N/c2nc(/N=C/c3ccc(C)cc3)nc(/N=C/c3ccc(C)cc3)n2)cc1. The van der Waals surface area contributed by atoms with E-state index < -0.39 is 0 Å². The zero-order valence-electron chi connectivity index (χ0n) is 18.8. The fraction of sp³-hybridized carbons (Fsp3) is 0.111. The Morgan fingerprint density at radius 1 is 0.424 bits per heavy atom. The predicted octanol–water partition coefficient (Wildman–Crippen LogP) is 6.05. The fourth-order valence-electron chi connectivity index (χ4n) is 2.87. The molecule has 0 unspecified atom stereocenters. The second kappa shape index (κ2) is 10.3. The third kappa shape index (κ3) is 6.58. The van der Waals surface area contributed by atoms with Crippen molar-refractivity contribution in [2.75, 3.05) is 0 Å². The van der Waals surface area contributed by atoms with Crippen molar-refractivity contribution in [2.24, 2.45) is 15.0 Å². The molecule has 0 saturated carbocycles. The first kappa shape index (κ1) is 21.9. The number of aromatic nitrogens is 3. The molecule has 33 heavy (non-hydrogen) atoms. The van der Waals surface area contributed by atoms with Crippen molar-refractivity contribution in [2.45, 2.75) is 20.8 Å². The summed E-state index contributed by atoms with van der Waals surface area (Å²) in [5.74, 6) is 0.744. The molecule has 0 aliphatic carbocycles. The molecule has 0 atom stereocenters. The molecule has 0 aliphatic heterocycles. The smallest absolute Gasteiger partial charge is 0.219 e. The third-order valence-electron chi connectivity index (χ3n) is 4.82. The van der Waals surface area contributed by atoms with Gasteiger partial charge in [0, 0.05) is 18.6 Å². The van der Waals surface area contributed by atoms with Crippen molar-refractivity contribution >= 4 is 36.5 Å². The molecule has 0 spiro atoms. The Hall–Kier alpha value is -4.32. The van der Waals surface area contributed by atoms with Gasteiger partial charge in [0.25, 0.3) is 17.8 Å². The number of hydrogen-bond donors (Lipinski definition) is 0. The molecule has 0 N–H and O–H groups in total. The number of benzene rings is 3. The highest BCUT2D eigenvalue weighted by atomic mass is 15.2. The summed E-state index contributed by atoms with van der Waals surface area (Å²) in [5.41, 5.74) is 6.43. The molecule has 3 aromatic carbocycles.